The third kappa shape index (κ3) is 4.25. The van der Waals surface area contributed by atoms with E-state index in [0.29, 0.717) is 42.9 Å². The second-order valence-electron chi connectivity index (χ2n) is 6.14. The molecule has 0 spiro atoms. The number of aliphatic hydroxyl groups is 1. The number of likely N-dealkylation sites (tertiary alicyclic amines) is 1. The van der Waals surface area contributed by atoms with Gasteiger partial charge in [0.15, 0.2) is 0 Å². The van der Waals surface area contributed by atoms with Crippen LogP contribution >= 0.6 is 0 Å². The molecule has 1 saturated heterocycles. The van der Waals surface area contributed by atoms with E-state index in [9.17, 15) is 14.7 Å². The Hall–Kier alpha value is -2.02. The standard InChI is InChI=1S/C16H24N4O3/c1-11-13(9-18-12(2)19-11)15(22)20-8-4-6-16(23,10-20)7-5-14(21)17-3/h9,23H,4-8,10H2,1-3H3,(H,17,21). The third-order valence-electron chi connectivity index (χ3n) is 4.27. The minimum Gasteiger partial charge on any atom is -0.388 e. The quantitative estimate of drug-likeness (QED) is 0.846. The summed E-state index contributed by atoms with van der Waals surface area (Å²) in [4.78, 5) is 34.0. The first kappa shape index (κ1) is 17.3. The minimum absolute atomic E-state index is 0.107. The number of carbonyl (C=O) groups is 2. The van der Waals surface area contributed by atoms with Gasteiger partial charge >= 0.3 is 0 Å². The van der Waals surface area contributed by atoms with E-state index in [0.717, 1.165) is 0 Å². The topological polar surface area (TPSA) is 95.4 Å². The molecule has 0 bridgehead atoms. The molecule has 1 fully saturated rings. The van der Waals surface area contributed by atoms with Crippen LogP contribution in [0.1, 0.15) is 47.6 Å². The summed E-state index contributed by atoms with van der Waals surface area (Å²) in [5.41, 5.74) is 0.0907. The van der Waals surface area contributed by atoms with Gasteiger partial charge in [-0.3, -0.25) is 9.59 Å². The Kier molecular flexibility index (Phi) is 5.30. The van der Waals surface area contributed by atoms with Gasteiger partial charge in [-0.05, 0) is 33.1 Å². The number of nitrogens with zero attached hydrogens (tertiary/aromatic N) is 3. The van der Waals surface area contributed by atoms with Crippen molar-refractivity contribution in [2.45, 2.75) is 45.1 Å². The Morgan fingerprint density at radius 1 is 1.43 bits per heavy atom. The van der Waals surface area contributed by atoms with Crippen molar-refractivity contribution in [2.75, 3.05) is 20.1 Å². The summed E-state index contributed by atoms with van der Waals surface area (Å²) in [6.45, 7) is 4.38. The van der Waals surface area contributed by atoms with Gasteiger partial charge < -0.3 is 15.3 Å². The second kappa shape index (κ2) is 7.04. The van der Waals surface area contributed by atoms with Crippen LogP contribution in [0.15, 0.2) is 6.20 Å². The molecule has 2 N–H and O–H groups in total. The molecule has 1 unspecified atom stereocenters. The summed E-state index contributed by atoms with van der Waals surface area (Å²) < 4.78 is 0. The molecule has 23 heavy (non-hydrogen) atoms. The minimum atomic E-state index is -1.01. The molecule has 1 aliphatic rings. The van der Waals surface area contributed by atoms with Gasteiger partial charge in [-0.1, -0.05) is 0 Å². The molecule has 2 heterocycles. The SMILES string of the molecule is CNC(=O)CCC1(O)CCCN(C(=O)c2cnc(C)nc2C)C1. The summed E-state index contributed by atoms with van der Waals surface area (Å²) in [5.74, 6) is 0.352. The predicted octanol–water partition coefficient (Wildman–Crippen LogP) is 0.587. The number of piperidine rings is 1. The average molecular weight is 320 g/mol. The zero-order valence-electron chi connectivity index (χ0n) is 13.9. The van der Waals surface area contributed by atoms with E-state index >= 15 is 0 Å². The third-order valence-corrected chi connectivity index (χ3v) is 4.27. The lowest BCUT2D eigenvalue weighted by molar-refractivity contribution is -0.122. The van der Waals surface area contributed by atoms with Gasteiger partial charge in [0.05, 0.1) is 16.9 Å². The van der Waals surface area contributed by atoms with Gasteiger partial charge in [0, 0.05) is 32.8 Å². The Balaban J connectivity index is 2.07. The van der Waals surface area contributed by atoms with Crippen LogP contribution in [0.5, 0.6) is 0 Å². The molecule has 0 aromatic carbocycles. The van der Waals surface area contributed by atoms with Crippen molar-refractivity contribution in [3.05, 3.63) is 23.3 Å². The van der Waals surface area contributed by atoms with Crippen molar-refractivity contribution < 1.29 is 14.7 Å². The molecule has 1 aromatic rings. The number of β-amino-alcohol motifs (C(OH)–C–C–N with tert-alkyl or cyclic N) is 1. The van der Waals surface area contributed by atoms with Crippen molar-refractivity contribution in [3.63, 3.8) is 0 Å². The van der Waals surface area contributed by atoms with E-state index in [1.54, 1.807) is 25.8 Å². The summed E-state index contributed by atoms with van der Waals surface area (Å²) in [7, 11) is 1.57. The molecule has 7 nitrogen and oxygen atoms in total. The first-order chi connectivity index (χ1) is 10.8. The molecular weight excluding hydrogens is 296 g/mol. The van der Waals surface area contributed by atoms with Crippen LogP contribution in [0, 0.1) is 13.8 Å². The van der Waals surface area contributed by atoms with Crippen LogP contribution in [-0.2, 0) is 4.79 Å². The largest absolute Gasteiger partial charge is 0.388 e. The van der Waals surface area contributed by atoms with Crippen LogP contribution in [0.2, 0.25) is 0 Å². The molecule has 1 atom stereocenters. The average Bonchev–Trinajstić information content (AvgIpc) is 2.52. The number of hydrogen-bond acceptors (Lipinski definition) is 5. The lowest BCUT2D eigenvalue weighted by Crippen LogP contribution is -2.50. The number of hydrogen-bond donors (Lipinski definition) is 2. The number of aromatic nitrogens is 2. The molecule has 126 valence electrons. The van der Waals surface area contributed by atoms with E-state index < -0.39 is 5.60 Å². The Morgan fingerprint density at radius 2 is 2.17 bits per heavy atom. The second-order valence-corrected chi connectivity index (χ2v) is 6.14. The predicted molar refractivity (Wildman–Crippen MR) is 84.9 cm³/mol. The van der Waals surface area contributed by atoms with E-state index in [1.165, 1.54) is 6.20 Å². The maximum atomic E-state index is 12.7. The monoisotopic (exact) mass is 320 g/mol. The highest BCUT2D eigenvalue weighted by Gasteiger charge is 2.36. The lowest BCUT2D eigenvalue weighted by atomic mass is 9.88. The molecule has 0 radical (unpaired) electrons. The maximum Gasteiger partial charge on any atom is 0.257 e. The molecule has 2 rings (SSSR count). The number of aryl methyl sites for hydroxylation is 2. The molecule has 1 aromatic heterocycles. The van der Waals surface area contributed by atoms with Crippen LogP contribution in [0.3, 0.4) is 0 Å². The summed E-state index contributed by atoms with van der Waals surface area (Å²) >= 11 is 0. The molecule has 0 saturated carbocycles. The highest BCUT2D eigenvalue weighted by Crippen LogP contribution is 2.27. The van der Waals surface area contributed by atoms with Crippen LogP contribution in [0.4, 0.5) is 0 Å². The highest BCUT2D eigenvalue weighted by atomic mass is 16.3. The first-order valence-corrected chi connectivity index (χ1v) is 7.87. The van der Waals surface area contributed by atoms with Gasteiger partial charge in [-0.15, -0.1) is 0 Å². The van der Waals surface area contributed by atoms with E-state index in [1.807, 2.05) is 0 Å². The molecular formula is C16H24N4O3. The number of amides is 2. The summed E-state index contributed by atoms with van der Waals surface area (Å²) in [5, 5.41) is 13.2. The van der Waals surface area contributed by atoms with Gasteiger partial charge in [-0.2, -0.15) is 0 Å². The Labute approximate surface area is 136 Å². The fourth-order valence-electron chi connectivity index (χ4n) is 2.92. The summed E-state index contributed by atoms with van der Waals surface area (Å²) in [6, 6.07) is 0. The fraction of sp³-hybridized carbons (Fsp3) is 0.625. The zero-order chi connectivity index (χ0) is 17.0. The van der Waals surface area contributed by atoms with Crippen molar-refractivity contribution in [1.82, 2.24) is 20.2 Å². The maximum absolute atomic E-state index is 12.7. The lowest BCUT2D eigenvalue weighted by Gasteiger charge is -2.39. The Bertz CT molecular complexity index is 605. The smallest absolute Gasteiger partial charge is 0.257 e. The fourth-order valence-corrected chi connectivity index (χ4v) is 2.92. The van der Waals surface area contributed by atoms with E-state index in [4.69, 9.17) is 0 Å². The molecule has 2 amide bonds. The van der Waals surface area contributed by atoms with Crippen molar-refractivity contribution in [2.24, 2.45) is 0 Å². The summed E-state index contributed by atoms with van der Waals surface area (Å²) in [6.07, 6.45) is 3.44. The number of nitrogens with one attached hydrogen (secondary N) is 1. The van der Waals surface area contributed by atoms with Crippen LogP contribution in [-0.4, -0.2) is 57.5 Å². The normalized spacial score (nSPS) is 21.1. The first-order valence-electron chi connectivity index (χ1n) is 7.87. The molecule has 0 aliphatic carbocycles. The van der Waals surface area contributed by atoms with Gasteiger partial charge in [-0.25, -0.2) is 9.97 Å². The zero-order valence-corrected chi connectivity index (χ0v) is 13.9. The van der Waals surface area contributed by atoms with Crippen LogP contribution in [0.25, 0.3) is 0 Å². The van der Waals surface area contributed by atoms with Crippen molar-refractivity contribution in [3.8, 4) is 0 Å². The molecule has 1 aliphatic heterocycles. The van der Waals surface area contributed by atoms with Crippen molar-refractivity contribution in [1.29, 1.82) is 0 Å². The van der Waals surface area contributed by atoms with E-state index in [2.05, 4.69) is 15.3 Å². The number of rotatable bonds is 4. The van der Waals surface area contributed by atoms with Gasteiger partial charge in [0.2, 0.25) is 5.91 Å². The molecule has 7 heteroatoms. The van der Waals surface area contributed by atoms with E-state index in [-0.39, 0.29) is 24.8 Å². The van der Waals surface area contributed by atoms with Gasteiger partial charge in [0.25, 0.3) is 5.91 Å². The van der Waals surface area contributed by atoms with Gasteiger partial charge in [0.1, 0.15) is 5.82 Å². The number of carbonyl (C=O) groups excluding carboxylic acids is 2. The van der Waals surface area contributed by atoms with Crippen molar-refractivity contribution >= 4 is 11.8 Å². The highest BCUT2D eigenvalue weighted by molar-refractivity contribution is 5.95. The van der Waals surface area contributed by atoms with Crippen LogP contribution < -0.4 is 5.32 Å². The Morgan fingerprint density at radius 3 is 2.83 bits per heavy atom.